The third kappa shape index (κ3) is 4.16. The summed E-state index contributed by atoms with van der Waals surface area (Å²) in [7, 11) is 7.84. The van der Waals surface area contributed by atoms with Gasteiger partial charge in [-0.05, 0) is 42.0 Å². The Morgan fingerprint density at radius 3 is 2.12 bits per heavy atom. The summed E-state index contributed by atoms with van der Waals surface area (Å²) in [5.74, 6) is 2.68. The van der Waals surface area contributed by atoms with E-state index in [1.807, 2.05) is 30.5 Å². The summed E-state index contributed by atoms with van der Waals surface area (Å²) in [6, 6.07) is 12.4. The first kappa shape index (κ1) is 23.2. The predicted octanol–water partition coefficient (Wildman–Crippen LogP) is 4.17. The highest BCUT2D eigenvalue weighted by molar-refractivity contribution is 5.90. The summed E-state index contributed by atoms with van der Waals surface area (Å²) in [4.78, 5) is 15.3. The molecule has 1 aliphatic heterocycles. The first-order valence-corrected chi connectivity index (χ1v) is 10.8. The van der Waals surface area contributed by atoms with Crippen LogP contribution in [0.3, 0.4) is 0 Å². The van der Waals surface area contributed by atoms with Crippen molar-refractivity contribution in [1.82, 2.24) is 9.47 Å². The second-order valence-corrected chi connectivity index (χ2v) is 7.68. The summed E-state index contributed by atoms with van der Waals surface area (Å²) in [5.41, 5.74) is 2.44. The van der Waals surface area contributed by atoms with Crippen molar-refractivity contribution in [3.8, 4) is 28.7 Å². The van der Waals surface area contributed by atoms with Crippen LogP contribution in [0.4, 0.5) is 10.5 Å². The average molecular weight is 468 g/mol. The Morgan fingerprint density at radius 2 is 1.50 bits per heavy atom. The van der Waals surface area contributed by atoms with Gasteiger partial charge in [0.25, 0.3) is 0 Å². The standard InChI is InChI=1S/C25H29N3O6/c1-30-19-9-8-17(15-20(19)31-2)26-25(29)28-12-11-27-10-6-7-18(27)23(28)16-13-21(32-3)24(34-5)22(14-16)33-4/h6-10,13-15,23H,11-12H2,1-5H3,(H,26,29). The number of carbonyl (C=O) groups is 1. The molecule has 1 atom stereocenters. The van der Waals surface area contributed by atoms with E-state index in [1.165, 1.54) is 0 Å². The SMILES string of the molecule is COc1ccc(NC(=O)N2CCn3cccc3C2c2cc(OC)c(OC)c(OC)c2)cc1OC. The Morgan fingerprint density at radius 1 is 0.824 bits per heavy atom. The molecule has 0 bridgehead atoms. The Kier molecular flexibility index (Phi) is 6.72. The van der Waals surface area contributed by atoms with Crippen LogP contribution < -0.4 is 29.0 Å². The van der Waals surface area contributed by atoms with E-state index >= 15 is 0 Å². The summed E-state index contributed by atoms with van der Waals surface area (Å²) in [5, 5.41) is 3.00. The van der Waals surface area contributed by atoms with Crippen LogP contribution in [0.25, 0.3) is 0 Å². The molecule has 2 amide bonds. The molecule has 9 heteroatoms. The number of aromatic nitrogens is 1. The Hall–Kier alpha value is -4.01. The van der Waals surface area contributed by atoms with E-state index in [-0.39, 0.29) is 12.1 Å². The van der Waals surface area contributed by atoms with Crippen molar-refractivity contribution >= 4 is 11.7 Å². The number of amides is 2. The van der Waals surface area contributed by atoms with Crippen LogP contribution in [0, 0.1) is 0 Å². The van der Waals surface area contributed by atoms with Crippen LogP contribution in [0.2, 0.25) is 0 Å². The van der Waals surface area contributed by atoms with Gasteiger partial charge < -0.3 is 38.5 Å². The van der Waals surface area contributed by atoms with Gasteiger partial charge in [-0.2, -0.15) is 0 Å². The molecule has 3 aromatic rings. The fourth-order valence-electron chi connectivity index (χ4n) is 4.32. The molecule has 9 nitrogen and oxygen atoms in total. The van der Waals surface area contributed by atoms with Crippen molar-refractivity contribution in [2.45, 2.75) is 12.6 Å². The first-order chi connectivity index (χ1) is 16.5. The van der Waals surface area contributed by atoms with E-state index in [4.69, 9.17) is 23.7 Å². The average Bonchev–Trinajstić information content (AvgIpc) is 3.35. The van der Waals surface area contributed by atoms with Crippen molar-refractivity contribution in [3.05, 3.63) is 59.9 Å². The van der Waals surface area contributed by atoms with Crippen molar-refractivity contribution in [1.29, 1.82) is 0 Å². The van der Waals surface area contributed by atoms with Gasteiger partial charge in [0.2, 0.25) is 5.75 Å². The van der Waals surface area contributed by atoms with Gasteiger partial charge in [0.05, 0.1) is 41.6 Å². The highest BCUT2D eigenvalue weighted by Crippen LogP contribution is 2.43. The number of carbonyl (C=O) groups excluding carboxylic acids is 1. The summed E-state index contributed by atoms with van der Waals surface area (Å²) in [6.45, 7) is 1.20. The van der Waals surface area contributed by atoms with Gasteiger partial charge in [-0.1, -0.05) is 0 Å². The molecule has 180 valence electrons. The molecule has 0 spiro atoms. The summed E-state index contributed by atoms with van der Waals surface area (Å²) in [6.07, 6.45) is 2.02. The molecule has 4 rings (SSSR count). The smallest absolute Gasteiger partial charge is 0.322 e. The van der Waals surface area contributed by atoms with E-state index in [0.29, 0.717) is 47.5 Å². The second-order valence-electron chi connectivity index (χ2n) is 7.68. The van der Waals surface area contributed by atoms with Crippen molar-refractivity contribution in [2.24, 2.45) is 0 Å². The minimum absolute atomic E-state index is 0.238. The van der Waals surface area contributed by atoms with E-state index in [1.54, 1.807) is 58.6 Å². The van der Waals surface area contributed by atoms with Crippen LogP contribution in [0.1, 0.15) is 17.3 Å². The molecule has 2 aromatic carbocycles. The van der Waals surface area contributed by atoms with Gasteiger partial charge in [-0.3, -0.25) is 0 Å². The Bertz CT molecular complexity index is 1150. The van der Waals surface area contributed by atoms with Crippen molar-refractivity contribution in [3.63, 3.8) is 0 Å². The molecule has 1 aromatic heterocycles. The van der Waals surface area contributed by atoms with E-state index in [0.717, 1.165) is 11.3 Å². The fourth-order valence-corrected chi connectivity index (χ4v) is 4.32. The maximum absolute atomic E-state index is 13.5. The van der Waals surface area contributed by atoms with E-state index in [2.05, 4.69) is 9.88 Å². The minimum Gasteiger partial charge on any atom is -0.493 e. The highest BCUT2D eigenvalue weighted by Gasteiger charge is 2.34. The zero-order chi connectivity index (χ0) is 24.2. The number of hydrogen-bond donors (Lipinski definition) is 1. The Labute approximate surface area is 198 Å². The number of methoxy groups -OCH3 is 5. The van der Waals surface area contributed by atoms with Crippen molar-refractivity contribution in [2.75, 3.05) is 47.4 Å². The topological polar surface area (TPSA) is 83.4 Å². The molecule has 1 unspecified atom stereocenters. The van der Waals surface area contributed by atoms with Crippen LogP contribution in [0.5, 0.6) is 28.7 Å². The molecule has 1 aliphatic rings. The van der Waals surface area contributed by atoms with Gasteiger partial charge in [0, 0.05) is 36.7 Å². The lowest BCUT2D eigenvalue weighted by Crippen LogP contribution is -2.44. The lowest BCUT2D eigenvalue weighted by molar-refractivity contribution is 0.181. The third-order valence-electron chi connectivity index (χ3n) is 5.94. The van der Waals surface area contributed by atoms with Gasteiger partial charge >= 0.3 is 6.03 Å². The summed E-state index contributed by atoms with van der Waals surface area (Å²) >= 11 is 0. The largest absolute Gasteiger partial charge is 0.493 e. The zero-order valence-electron chi connectivity index (χ0n) is 20.0. The number of rotatable bonds is 7. The number of urea groups is 1. The lowest BCUT2D eigenvalue weighted by Gasteiger charge is -2.37. The maximum Gasteiger partial charge on any atom is 0.322 e. The molecule has 2 heterocycles. The maximum atomic E-state index is 13.5. The van der Waals surface area contributed by atoms with E-state index in [9.17, 15) is 4.79 Å². The number of fused-ring (bicyclic) bond motifs is 1. The minimum atomic E-state index is -0.363. The van der Waals surface area contributed by atoms with E-state index < -0.39 is 0 Å². The zero-order valence-corrected chi connectivity index (χ0v) is 20.0. The number of nitrogens with zero attached hydrogens (tertiary/aromatic N) is 2. The summed E-state index contributed by atoms with van der Waals surface area (Å²) < 4.78 is 29.4. The van der Waals surface area contributed by atoms with Gasteiger partial charge in [0.1, 0.15) is 0 Å². The monoisotopic (exact) mass is 467 g/mol. The molecule has 0 radical (unpaired) electrons. The fraction of sp³-hybridized carbons (Fsp3) is 0.320. The molecule has 34 heavy (non-hydrogen) atoms. The van der Waals surface area contributed by atoms with Crippen molar-refractivity contribution < 1.29 is 28.5 Å². The van der Waals surface area contributed by atoms with Crippen LogP contribution in [0.15, 0.2) is 48.7 Å². The third-order valence-corrected chi connectivity index (χ3v) is 5.94. The first-order valence-electron chi connectivity index (χ1n) is 10.8. The molecular weight excluding hydrogens is 438 g/mol. The number of benzene rings is 2. The number of ether oxygens (including phenoxy) is 5. The molecule has 0 saturated carbocycles. The van der Waals surface area contributed by atoms with Gasteiger partial charge in [-0.15, -0.1) is 0 Å². The lowest BCUT2D eigenvalue weighted by atomic mass is 9.99. The molecular formula is C25H29N3O6. The number of nitrogens with one attached hydrogen (secondary N) is 1. The quantitative estimate of drug-likeness (QED) is 0.562. The predicted molar refractivity (Wildman–Crippen MR) is 128 cm³/mol. The van der Waals surface area contributed by atoms with Crippen LogP contribution >= 0.6 is 0 Å². The van der Waals surface area contributed by atoms with Crippen LogP contribution in [-0.2, 0) is 6.54 Å². The normalized spacial score (nSPS) is 14.7. The second kappa shape index (κ2) is 9.86. The molecule has 1 N–H and O–H groups in total. The molecule has 0 saturated heterocycles. The number of anilines is 1. The van der Waals surface area contributed by atoms with Gasteiger partial charge in [0.15, 0.2) is 23.0 Å². The molecule has 0 fully saturated rings. The highest BCUT2D eigenvalue weighted by atomic mass is 16.5. The molecule has 0 aliphatic carbocycles. The number of hydrogen-bond acceptors (Lipinski definition) is 6. The van der Waals surface area contributed by atoms with Crippen LogP contribution in [-0.4, -0.2) is 57.6 Å². The van der Waals surface area contributed by atoms with Gasteiger partial charge in [-0.25, -0.2) is 4.79 Å². The Balaban J connectivity index is 1.72.